The first kappa shape index (κ1) is 28.9. The Bertz CT molecular complexity index is 1590. The number of nitrogens with zero attached hydrogens (tertiary/aromatic N) is 6. The summed E-state index contributed by atoms with van der Waals surface area (Å²) in [6.07, 6.45) is 6.07. The fraction of sp³-hybridized carbons (Fsp3) is 0.469. The van der Waals surface area contributed by atoms with Gasteiger partial charge in [0.25, 0.3) is 0 Å². The van der Waals surface area contributed by atoms with Crippen molar-refractivity contribution in [3.05, 3.63) is 59.7 Å². The number of rotatable bonds is 6. The number of fused-ring (bicyclic) bond motifs is 3. The van der Waals surface area contributed by atoms with E-state index in [2.05, 4.69) is 33.1 Å². The van der Waals surface area contributed by atoms with Gasteiger partial charge in [-0.3, -0.25) is 4.98 Å². The van der Waals surface area contributed by atoms with Crippen LogP contribution < -0.4 is 9.64 Å². The highest BCUT2D eigenvalue weighted by Crippen LogP contribution is 2.39. The molecule has 1 amide bonds. The Labute approximate surface area is 251 Å². The number of ether oxygens (including phenoxy) is 3. The smallest absolute Gasteiger partial charge is 0.410 e. The molecule has 11 heteroatoms. The lowest BCUT2D eigenvalue weighted by Crippen LogP contribution is -2.41. The van der Waals surface area contributed by atoms with Crippen LogP contribution in [-0.4, -0.2) is 75.3 Å². The number of benzene rings is 1. The number of amides is 1. The van der Waals surface area contributed by atoms with Gasteiger partial charge in [0, 0.05) is 61.3 Å². The van der Waals surface area contributed by atoms with Gasteiger partial charge in [0.1, 0.15) is 17.2 Å². The summed E-state index contributed by atoms with van der Waals surface area (Å²) in [5.74, 6) is 1.82. The third-order valence-electron chi connectivity index (χ3n) is 8.18. The number of piperidine rings is 1. The normalized spacial score (nSPS) is 17.7. The Morgan fingerprint density at radius 1 is 1.07 bits per heavy atom. The van der Waals surface area contributed by atoms with Gasteiger partial charge in [0.05, 0.1) is 29.8 Å². The molecule has 0 spiro atoms. The van der Waals surface area contributed by atoms with Crippen molar-refractivity contribution in [3.8, 4) is 17.0 Å². The van der Waals surface area contributed by atoms with Crippen molar-refractivity contribution in [2.75, 3.05) is 38.4 Å². The first-order chi connectivity index (χ1) is 20.7. The first-order valence-electron chi connectivity index (χ1n) is 14.9. The summed E-state index contributed by atoms with van der Waals surface area (Å²) < 4.78 is 16.4. The number of anilines is 1. The highest BCUT2D eigenvalue weighted by Gasteiger charge is 2.31. The van der Waals surface area contributed by atoms with Gasteiger partial charge in [0.2, 0.25) is 0 Å². The number of carbonyl (C=O) groups excluding carboxylic acids is 1. The van der Waals surface area contributed by atoms with Crippen LogP contribution in [0.15, 0.2) is 42.7 Å². The number of H-pyrrole nitrogens is 1. The van der Waals surface area contributed by atoms with E-state index in [9.17, 15) is 4.79 Å². The van der Waals surface area contributed by atoms with Crippen molar-refractivity contribution >= 4 is 22.9 Å². The number of carbonyl (C=O) groups is 1. The number of nitrogens with one attached hydrogen (secondary N) is 1. The van der Waals surface area contributed by atoms with E-state index in [0.717, 1.165) is 59.6 Å². The fourth-order valence-corrected chi connectivity index (χ4v) is 6.06. The van der Waals surface area contributed by atoms with Crippen LogP contribution in [0.4, 0.5) is 10.6 Å². The molecule has 0 unspecified atom stereocenters. The Hall–Kier alpha value is -4.25. The summed E-state index contributed by atoms with van der Waals surface area (Å²) in [5.41, 5.74) is 5.24. The molecule has 1 aromatic carbocycles. The average Bonchev–Trinajstić information content (AvgIpc) is 3.38. The SMILES string of the molecule is COCOc1ccccc1-c1cc2c3c([nH]c2nn1)CCN(c1cnc(C2CCN(C(=O)OC(C)(C)C)CC2)cn1)[C@@H]3C. The summed E-state index contributed by atoms with van der Waals surface area (Å²) in [5, 5.41) is 10.1. The molecule has 1 fully saturated rings. The molecule has 0 aliphatic carbocycles. The van der Waals surface area contributed by atoms with E-state index in [0.29, 0.717) is 18.8 Å². The molecule has 6 rings (SSSR count). The predicted molar refractivity (Wildman–Crippen MR) is 163 cm³/mol. The van der Waals surface area contributed by atoms with E-state index in [-0.39, 0.29) is 24.8 Å². The molecule has 5 heterocycles. The highest BCUT2D eigenvalue weighted by atomic mass is 16.7. The lowest BCUT2D eigenvalue weighted by molar-refractivity contribution is 0.0204. The van der Waals surface area contributed by atoms with Gasteiger partial charge in [-0.1, -0.05) is 12.1 Å². The van der Waals surface area contributed by atoms with Crippen LogP contribution in [0.2, 0.25) is 0 Å². The van der Waals surface area contributed by atoms with Crippen molar-refractivity contribution < 1.29 is 19.0 Å². The van der Waals surface area contributed by atoms with Gasteiger partial charge in [-0.2, -0.15) is 0 Å². The van der Waals surface area contributed by atoms with Crippen molar-refractivity contribution in [1.29, 1.82) is 0 Å². The molecule has 1 N–H and O–H groups in total. The number of hydrogen-bond donors (Lipinski definition) is 1. The summed E-state index contributed by atoms with van der Waals surface area (Å²) in [6.45, 7) is 10.2. The first-order valence-corrected chi connectivity index (χ1v) is 14.9. The van der Waals surface area contributed by atoms with E-state index in [1.807, 2.05) is 57.4 Å². The molecule has 1 saturated heterocycles. The van der Waals surface area contributed by atoms with E-state index in [4.69, 9.17) is 24.2 Å². The standard InChI is InChI=1S/C32H39N7O4/c1-20-29-23-16-25(22-8-6-7-9-27(22)42-19-41-5)36-37-30(23)35-24(29)12-15-39(20)28-18-33-26(17-34-28)21-10-13-38(14-11-21)31(40)43-32(2,3)4/h6-9,16-18,20-21H,10-15,19H2,1-5H3,(H,35,37)/t20-/m1/s1. The van der Waals surface area contributed by atoms with Crippen LogP contribution in [0.5, 0.6) is 5.75 Å². The van der Waals surface area contributed by atoms with Gasteiger partial charge in [-0.15, -0.1) is 10.2 Å². The molecule has 2 aliphatic heterocycles. The Balaban J connectivity index is 1.18. The number of aromatic nitrogens is 5. The topological polar surface area (TPSA) is 119 Å². The Morgan fingerprint density at radius 3 is 2.58 bits per heavy atom. The van der Waals surface area contributed by atoms with Crippen molar-refractivity contribution in [3.63, 3.8) is 0 Å². The monoisotopic (exact) mass is 585 g/mol. The number of hydrogen-bond acceptors (Lipinski definition) is 9. The molecular weight excluding hydrogens is 546 g/mol. The maximum Gasteiger partial charge on any atom is 0.410 e. The molecule has 0 saturated carbocycles. The molecule has 0 radical (unpaired) electrons. The summed E-state index contributed by atoms with van der Waals surface area (Å²) in [6, 6.07) is 9.93. The second-order valence-corrected chi connectivity index (χ2v) is 12.2. The van der Waals surface area contributed by atoms with Crippen LogP contribution in [0.25, 0.3) is 22.3 Å². The van der Waals surface area contributed by atoms with Gasteiger partial charge in [0.15, 0.2) is 12.4 Å². The van der Waals surface area contributed by atoms with Crippen LogP contribution in [0.3, 0.4) is 0 Å². The fourth-order valence-electron chi connectivity index (χ4n) is 6.06. The maximum absolute atomic E-state index is 12.5. The molecule has 0 bridgehead atoms. The van der Waals surface area contributed by atoms with E-state index < -0.39 is 5.60 Å². The molecule has 3 aromatic heterocycles. The second-order valence-electron chi connectivity index (χ2n) is 12.2. The lowest BCUT2D eigenvalue weighted by Gasteiger charge is -2.35. The Kier molecular flexibility index (Phi) is 7.91. The third kappa shape index (κ3) is 5.99. The van der Waals surface area contributed by atoms with Crippen LogP contribution in [0, 0.1) is 0 Å². The predicted octanol–water partition coefficient (Wildman–Crippen LogP) is 5.64. The van der Waals surface area contributed by atoms with Crippen molar-refractivity contribution in [2.45, 2.75) is 64.5 Å². The highest BCUT2D eigenvalue weighted by molar-refractivity contribution is 5.86. The molecule has 226 valence electrons. The minimum atomic E-state index is -0.492. The van der Waals surface area contributed by atoms with E-state index >= 15 is 0 Å². The molecule has 4 aromatic rings. The lowest BCUT2D eigenvalue weighted by atomic mass is 9.94. The van der Waals surface area contributed by atoms with Crippen LogP contribution >= 0.6 is 0 Å². The van der Waals surface area contributed by atoms with E-state index in [1.54, 1.807) is 12.0 Å². The van der Waals surface area contributed by atoms with Gasteiger partial charge < -0.3 is 29.0 Å². The minimum Gasteiger partial charge on any atom is -0.467 e. The summed E-state index contributed by atoms with van der Waals surface area (Å²) in [4.78, 5) is 29.7. The van der Waals surface area contributed by atoms with Crippen molar-refractivity contribution in [1.82, 2.24) is 30.0 Å². The van der Waals surface area contributed by atoms with Crippen LogP contribution in [-0.2, 0) is 15.9 Å². The largest absolute Gasteiger partial charge is 0.467 e. The van der Waals surface area contributed by atoms with Gasteiger partial charge in [-0.05, 0) is 58.7 Å². The van der Waals surface area contributed by atoms with Crippen molar-refractivity contribution in [2.24, 2.45) is 0 Å². The zero-order valence-corrected chi connectivity index (χ0v) is 25.5. The van der Waals surface area contributed by atoms with Gasteiger partial charge >= 0.3 is 6.09 Å². The molecule has 2 aliphatic rings. The van der Waals surface area contributed by atoms with E-state index in [1.165, 1.54) is 11.3 Å². The number of para-hydroxylation sites is 1. The Morgan fingerprint density at radius 2 is 1.86 bits per heavy atom. The maximum atomic E-state index is 12.5. The number of methoxy groups -OCH3 is 1. The van der Waals surface area contributed by atoms with Gasteiger partial charge in [-0.25, -0.2) is 9.78 Å². The zero-order valence-electron chi connectivity index (χ0n) is 25.5. The average molecular weight is 586 g/mol. The van der Waals surface area contributed by atoms with Crippen LogP contribution in [0.1, 0.15) is 69.4 Å². The molecular formula is C32H39N7O4. The number of aromatic amines is 1. The molecule has 11 nitrogen and oxygen atoms in total. The third-order valence-corrected chi connectivity index (χ3v) is 8.18. The molecule has 43 heavy (non-hydrogen) atoms. The minimum absolute atomic E-state index is 0.0618. The summed E-state index contributed by atoms with van der Waals surface area (Å²) >= 11 is 0. The second kappa shape index (κ2) is 11.8. The number of likely N-dealkylation sites (tertiary alicyclic amines) is 1. The molecule has 1 atom stereocenters. The quantitative estimate of drug-likeness (QED) is 0.287. The summed E-state index contributed by atoms with van der Waals surface area (Å²) in [7, 11) is 1.60. The zero-order chi connectivity index (χ0) is 30.1.